The molecule has 3 atom stereocenters. The molecule has 1 amide bonds. The average Bonchev–Trinajstić information content (AvgIpc) is 3.02. The molecule has 0 spiro atoms. The fraction of sp³-hybridized carbons (Fsp3) is 0.444. The van der Waals surface area contributed by atoms with Crippen molar-refractivity contribution in [2.75, 3.05) is 40.3 Å². The Hall–Kier alpha value is -3.80. The Morgan fingerprint density at radius 1 is 1.02 bits per heavy atom. The van der Waals surface area contributed by atoms with Crippen LogP contribution in [0.4, 0.5) is 17.6 Å². The third kappa shape index (κ3) is 9.18. The summed E-state index contributed by atoms with van der Waals surface area (Å²) >= 11 is 0. The molecule has 0 saturated carbocycles. The third-order valence-electron chi connectivity index (χ3n) is 9.20. The van der Waals surface area contributed by atoms with Crippen molar-refractivity contribution >= 4 is 11.9 Å². The van der Waals surface area contributed by atoms with Crippen LogP contribution in [0.1, 0.15) is 46.8 Å². The number of quaternary nitrogens is 1. The highest BCUT2D eigenvalue weighted by atomic mass is 19.4. The second-order valence-corrected chi connectivity index (χ2v) is 13.4. The summed E-state index contributed by atoms with van der Waals surface area (Å²) in [5, 5.41) is 6.37. The first-order valence-corrected chi connectivity index (χ1v) is 16.1. The number of rotatable bonds is 9. The molecule has 252 valence electrons. The van der Waals surface area contributed by atoms with Crippen LogP contribution in [-0.2, 0) is 29.0 Å². The van der Waals surface area contributed by atoms with Gasteiger partial charge in [-0.25, -0.2) is 9.18 Å². The van der Waals surface area contributed by atoms with Crippen molar-refractivity contribution in [3.8, 4) is 11.1 Å². The van der Waals surface area contributed by atoms with E-state index in [1.165, 1.54) is 6.07 Å². The Bertz CT molecular complexity index is 1580. The molecular weight excluding hydrogens is 612 g/mol. The summed E-state index contributed by atoms with van der Waals surface area (Å²) in [4.78, 5) is 27.1. The molecule has 0 aromatic heterocycles. The van der Waals surface area contributed by atoms with E-state index in [2.05, 4.69) is 28.5 Å². The average molecular weight is 656 g/mol. The third-order valence-corrected chi connectivity index (χ3v) is 9.20. The molecule has 0 bridgehead atoms. The van der Waals surface area contributed by atoms with E-state index in [1.54, 1.807) is 44.4 Å². The number of carbonyl (C=O) groups excluding carboxylic acids is 2. The van der Waals surface area contributed by atoms with Gasteiger partial charge < -0.3 is 15.4 Å². The zero-order valence-electron chi connectivity index (χ0n) is 27.1. The topological polar surface area (TPSA) is 70.7 Å². The van der Waals surface area contributed by atoms with Crippen molar-refractivity contribution in [2.45, 2.75) is 57.7 Å². The Morgan fingerprint density at radius 2 is 1.79 bits per heavy atom. The molecule has 2 saturated heterocycles. The van der Waals surface area contributed by atoms with E-state index in [1.807, 2.05) is 24.3 Å². The van der Waals surface area contributed by atoms with Gasteiger partial charge in [-0.05, 0) is 71.8 Å². The number of halogens is 4. The number of ether oxygens (including phenoxy) is 1. The smallest absolute Gasteiger partial charge is 0.406 e. The van der Waals surface area contributed by atoms with Gasteiger partial charge in [0.05, 0.1) is 20.6 Å². The van der Waals surface area contributed by atoms with Gasteiger partial charge in [0.1, 0.15) is 5.82 Å². The van der Waals surface area contributed by atoms with Gasteiger partial charge in [-0.1, -0.05) is 36.4 Å². The lowest BCUT2D eigenvalue weighted by molar-refractivity contribution is -0.941. The van der Waals surface area contributed by atoms with E-state index in [9.17, 15) is 27.2 Å². The number of nitrogens with zero attached hydrogens (tertiary/aromatic N) is 2. The molecule has 7 nitrogen and oxygen atoms in total. The van der Waals surface area contributed by atoms with E-state index < -0.39 is 18.4 Å². The van der Waals surface area contributed by atoms with Gasteiger partial charge in [0.15, 0.2) is 0 Å². The lowest BCUT2D eigenvalue weighted by Crippen LogP contribution is -2.56. The summed E-state index contributed by atoms with van der Waals surface area (Å²) in [7, 11) is 3.51. The number of alkyl halides is 3. The van der Waals surface area contributed by atoms with Crippen LogP contribution >= 0.6 is 0 Å². The molecule has 3 aromatic carbocycles. The van der Waals surface area contributed by atoms with Crippen molar-refractivity contribution in [2.24, 2.45) is 5.92 Å². The van der Waals surface area contributed by atoms with Gasteiger partial charge in [0.2, 0.25) is 6.23 Å². The van der Waals surface area contributed by atoms with Crippen LogP contribution in [0, 0.1) is 11.7 Å². The number of piperidine rings is 1. The van der Waals surface area contributed by atoms with Gasteiger partial charge in [-0.2, -0.15) is 13.2 Å². The Balaban J connectivity index is 1.20. The van der Waals surface area contributed by atoms with Crippen molar-refractivity contribution in [1.82, 2.24) is 15.5 Å². The van der Waals surface area contributed by atoms with Gasteiger partial charge >= 0.3 is 12.1 Å². The molecular formula is C36H43F4N4O3+. The van der Waals surface area contributed by atoms with Gasteiger partial charge in [0, 0.05) is 62.7 Å². The first-order valence-electron chi connectivity index (χ1n) is 16.1. The molecule has 2 heterocycles. The van der Waals surface area contributed by atoms with Crippen molar-refractivity contribution in [1.29, 1.82) is 0 Å². The largest absolute Gasteiger partial charge is 0.491 e. The van der Waals surface area contributed by atoms with E-state index in [0.717, 1.165) is 54.9 Å². The van der Waals surface area contributed by atoms with Crippen LogP contribution < -0.4 is 10.6 Å². The molecule has 2 aliphatic rings. The predicted molar refractivity (Wildman–Crippen MR) is 172 cm³/mol. The predicted octanol–water partition coefficient (Wildman–Crippen LogP) is 5.68. The second kappa shape index (κ2) is 14.5. The highest BCUT2D eigenvalue weighted by molar-refractivity contribution is 5.94. The lowest BCUT2D eigenvalue weighted by Gasteiger charge is -2.43. The lowest BCUT2D eigenvalue weighted by atomic mass is 9.88. The number of nitrogens with one attached hydrogen (secondary N) is 2. The highest BCUT2D eigenvalue weighted by Crippen LogP contribution is 2.32. The number of esters is 1. The number of amides is 1. The molecule has 11 heteroatoms. The molecule has 0 radical (unpaired) electrons. The summed E-state index contributed by atoms with van der Waals surface area (Å²) in [6.07, 6.45) is -4.38. The molecule has 5 rings (SSSR count). The highest BCUT2D eigenvalue weighted by Gasteiger charge is 2.47. The molecule has 2 unspecified atom stereocenters. The standard InChI is InChI=1S/C36H42F4N4O3/c1-24-22-43(14-13-41-24)23-28-7-5-8-29(18-28)31-19-27(10-11-32(31)37)21-42-34(45)30-9-4-6-25(17-30)16-26-12-15-44(2,3)33(20-26)47-35(46)36(38,39)40/h4-11,17-19,24,26,33,41H,12-16,20-23H2,1-3H3/p+1/t24-,26?,33?/m0/s1. The van der Waals surface area contributed by atoms with E-state index >= 15 is 0 Å². The fourth-order valence-corrected chi connectivity index (χ4v) is 6.53. The number of hydrogen-bond donors (Lipinski definition) is 2. The number of hydrogen-bond acceptors (Lipinski definition) is 5. The van der Waals surface area contributed by atoms with Crippen molar-refractivity contribution in [3.63, 3.8) is 0 Å². The SMILES string of the molecule is C[C@H]1CN(Cc2cccc(-c3cc(CNC(=O)c4cccc(CC5CC[N+](C)(C)C(OC(=O)C(F)(F)F)C5)c4)ccc3F)c2)CCN1. The number of likely N-dealkylation sites (tertiary alicyclic amines) is 1. The maximum absolute atomic E-state index is 15.0. The van der Waals surface area contributed by atoms with E-state index in [0.29, 0.717) is 30.1 Å². The summed E-state index contributed by atoms with van der Waals surface area (Å²) in [6.45, 7) is 6.58. The maximum Gasteiger partial charge on any atom is 0.491 e. The number of carbonyl (C=O) groups is 2. The monoisotopic (exact) mass is 655 g/mol. The van der Waals surface area contributed by atoms with Crippen molar-refractivity contribution in [3.05, 3.63) is 94.8 Å². The maximum atomic E-state index is 15.0. The molecule has 0 aliphatic carbocycles. The van der Waals surface area contributed by atoms with Crippen LogP contribution in [-0.4, -0.2) is 80.0 Å². The van der Waals surface area contributed by atoms with Gasteiger partial charge in [0.25, 0.3) is 5.91 Å². The fourth-order valence-electron chi connectivity index (χ4n) is 6.53. The second-order valence-electron chi connectivity index (χ2n) is 13.4. The Morgan fingerprint density at radius 3 is 2.55 bits per heavy atom. The molecule has 2 N–H and O–H groups in total. The minimum Gasteiger partial charge on any atom is -0.406 e. The minimum atomic E-state index is -5.04. The minimum absolute atomic E-state index is 0.0120. The Kier molecular flexibility index (Phi) is 10.7. The summed E-state index contributed by atoms with van der Waals surface area (Å²) < 4.78 is 58.6. The number of benzene rings is 3. The van der Waals surface area contributed by atoms with Crippen LogP contribution in [0.5, 0.6) is 0 Å². The van der Waals surface area contributed by atoms with Crippen LogP contribution in [0.25, 0.3) is 11.1 Å². The quantitative estimate of drug-likeness (QED) is 0.177. The van der Waals surface area contributed by atoms with Crippen molar-refractivity contribution < 1.29 is 36.4 Å². The Labute approximate surface area is 273 Å². The molecule has 3 aromatic rings. The summed E-state index contributed by atoms with van der Waals surface area (Å²) in [6, 6.07) is 20.3. The number of piperazine rings is 1. The van der Waals surface area contributed by atoms with Crippen LogP contribution in [0.15, 0.2) is 66.7 Å². The normalized spacial score (nSPS) is 21.6. The summed E-state index contributed by atoms with van der Waals surface area (Å²) in [5.74, 6) is -2.80. The van der Waals surface area contributed by atoms with Gasteiger partial charge in [-0.3, -0.25) is 14.2 Å². The zero-order chi connectivity index (χ0) is 33.8. The van der Waals surface area contributed by atoms with Crippen LogP contribution in [0.3, 0.4) is 0 Å². The first-order chi connectivity index (χ1) is 22.3. The molecule has 2 aliphatic heterocycles. The van der Waals surface area contributed by atoms with E-state index in [4.69, 9.17) is 4.74 Å². The van der Waals surface area contributed by atoms with Crippen LogP contribution in [0.2, 0.25) is 0 Å². The van der Waals surface area contributed by atoms with Gasteiger partial charge in [-0.15, -0.1) is 0 Å². The zero-order valence-corrected chi connectivity index (χ0v) is 27.1. The first kappa shape index (κ1) is 34.5. The van der Waals surface area contributed by atoms with E-state index in [-0.39, 0.29) is 35.1 Å². The molecule has 2 fully saturated rings. The summed E-state index contributed by atoms with van der Waals surface area (Å²) in [5.41, 5.74) is 4.45. The molecule has 47 heavy (non-hydrogen) atoms.